The van der Waals surface area contributed by atoms with E-state index in [4.69, 9.17) is 10.8 Å². The van der Waals surface area contributed by atoms with Crippen molar-refractivity contribution in [3.63, 3.8) is 0 Å². The number of carbonyl (C=O) groups excluding carboxylic acids is 1. The summed E-state index contributed by atoms with van der Waals surface area (Å²) in [6.07, 6.45) is 0.332. The van der Waals surface area contributed by atoms with E-state index in [0.717, 1.165) is 5.56 Å². The van der Waals surface area contributed by atoms with E-state index in [9.17, 15) is 9.59 Å². The van der Waals surface area contributed by atoms with Gasteiger partial charge in [0.05, 0.1) is 5.92 Å². The summed E-state index contributed by atoms with van der Waals surface area (Å²) in [5.41, 5.74) is 6.79. The van der Waals surface area contributed by atoms with E-state index in [1.807, 2.05) is 19.1 Å². The first kappa shape index (κ1) is 12.2. The molecule has 1 aromatic rings. The van der Waals surface area contributed by atoms with Crippen molar-refractivity contribution in [2.24, 2.45) is 5.73 Å². The predicted octanol–water partition coefficient (Wildman–Crippen LogP) is 1.43. The summed E-state index contributed by atoms with van der Waals surface area (Å²) in [5.74, 6) is -2.06. The van der Waals surface area contributed by atoms with E-state index in [0.29, 0.717) is 5.56 Å². The highest BCUT2D eigenvalue weighted by atomic mass is 16.4. The SMILES string of the molecule is Cc1ccc(C(CCC(N)=O)C(=O)O)cc1. The fraction of sp³-hybridized carbons (Fsp3) is 0.333. The molecule has 1 amide bonds. The van der Waals surface area contributed by atoms with Crippen molar-refractivity contribution in [3.05, 3.63) is 35.4 Å². The highest BCUT2D eigenvalue weighted by Gasteiger charge is 2.19. The molecule has 3 N–H and O–H groups in total. The summed E-state index contributed by atoms with van der Waals surface area (Å²) in [6, 6.07) is 7.26. The Kier molecular flexibility index (Phi) is 4.05. The lowest BCUT2D eigenvalue weighted by atomic mass is 9.93. The van der Waals surface area contributed by atoms with E-state index in [1.165, 1.54) is 0 Å². The van der Waals surface area contributed by atoms with Gasteiger partial charge in [-0.25, -0.2) is 0 Å². The molecule has 1 atom stereocenters. The zero-order valence-electron chi connectivity index (χ0n) is 9.14. The second kappa shape index (κ2) is 5.30. The lowest BCUT2D eigenvalue weighted by Gasteiger charge is -2.11. The molecule has 0 fully saturated rings. The van der Waals surface area contributed by atoms with Crippen LogP contribution in [0, 0.1) is 6.92 Å². The minimum absolute atomic E-state index is 0.0881. The molecule has 0 aliphatic rings. The van der Waals surface area contributed by atoms with Crippen LogP contribution in [-0.2, 0) is 9.59 Å². The molecule has 1 unspecified atom stereocenters. The lowest BCUT2D eigenvalue weighted by Crippen LogP contribution is -2.17. The van der Waals surface area contributed by atoms with Gasteiger partial charge in [-0.3, -0.25) is 9.59 Å². The molecule has 0 saturated heterocycles. The molecular formula is C12H15NO3. The lowest BCUT2D eigenvalue weighted by molar-refractivity contribution is -0.139. The Morgan fingerprint density at radius 3 is 2.31 bits per heavy atom. The van der Waals surface area contributed by atoms with Gasteiger partial charge >= 0.3 is 5.97 Å². The third kappa shape index (κ3) is 3.38. The van der Waals surface area contributed by atoms with Crippen LogP contribution in [0.3, 0.4) is 0 Å². The Hall–Kier alpha value is -1.84. The van der Waals surface area contributed by atoms with Gasteiger partial charge in [0.1, 0.15) is 0 Å². The number of hydrogen-bond donors (Lipinski definition) is 2. The molecule has 4 nitrogen and oxygen atoms in total. The molecule has 0 spiro atoms. The minimum Gasteiger partial charge on any atom is -0.481 e. The number of nitrogens with two attached hydrogens (primary N) is 1. The zero-order chi connectivity index (χ0) is 12.1. The third-order valence-corrected chi connectivity index (χ3v) is 2.46. The van der Waals surface area contributed by atoms with Crippen molar-refractivity contribution >= 4 is 11.9 Å². The highest BCUT2D eigenvalue weighted by molar-refractivity contribution is 5.78. The quantitative estimate of drug-likeness (QED) is 0.789. The zero-order valence-corrected chi connectivity index (χ0v) is 9.14. The molecule has 0 heterocycles. The first-order valence-electron chi connectivity index (χ1n) is 5.08. The molecule has 1 rings (SSSR count). The van der Waals surface area contributed by atoms with Crippen molar-refractivity contribution in [1.82, 2.24) is 0 Å². The molecule has 0 saturated carbocycles. The monoisotopic (exact) mass is 221 g/mol. The molecule has 16 heavy (non-hydrogen) atoms. The van der Waals surface area contributed by atoms with Crippen molar-refractivity contribution in [2.75, 3.05) is 0 Å². The molecule has 86 valence electrons. The van der Waals surface area contributed by atoms with Gasteiger partial charge in [0.25, 0.3) is 0 Å². The van der Waals surface area contributed by atoms with Gasteiger partial charge in [-0.2, -0.15) is 0 Å². The van der Waals surface area contributed by atoms with Crippen LogP contribution in [0.15, 0.2) is 24.3 Å². The number of carbonyl (C=O) groups is 2. The number of rotatable bonds is 5. The van der Waals surface area contributed by atoms with Crippen LogP contribution in [0.4, 0.5) is 0 Å². The second-order valence-electron chi connectivity index (χ2n) is 3.81. The Morgan fingerprint density at radius 1 is 1.31 bits per heavy atom. The van der Waals surface area contributed by atoms with Gasteiger partial charge < -0.3 is 10.8 Å². The van der Waals surface area contributed by atoms with Gasteiger partial charge in [-0.05, 0) is 18.9 Å². The Labute approximate surface area is 94.1 Å². The first-order chi connectivity index (χ1) is 7.50. The van der Waals surface area contributed by atoms with Crippen molar-refractivity contribution in [2.45, 2.75) is 25.7 Å². The van der Waals surface area contributed by atoms with Crippen molar-refractivity contribution in [3.8, 4) is 0 Å². The van der Waals surface area contributed by atoms with Crippen LogP contribution in [0.1, 0.15) is 29.9 Å². The number of hydrogen-bond acceptors (Lipinski definition) is 2. The fourth-order valence-corrected chi connectivity index (χ4v) is 1.52. The van der Waals surface area contributed by atoms with Crippen LogP contribution in [0.2, 0.25) is 0 Å². The maximum absolute atomic E-state index is 11.0. The molecule has 0 bridgehead atoms. The van der Waals surface area contributed by atoms with Crippen molar-refractivity contribution in [1.29, 1.82) is 0 Å². The smallest absolute Gasteiger partial charge is 0.310 e. The summed E-state index contributed by atoms with van der Waals surface area (Å²) < 4.78 is 0. The van der Waals surface area contributed by atoms with Crippen LogP contribution < -0.4 is 5.73 Å². The van der Waals surface area contributed by atoms with Crippen LogP contribution in [-0.4, -0.2) is 17.0 Å². The molecule has 0 aliphatic carbocycles. The minimum atomic E-state index is -0.926. The Bertz CT molecular complexity index is 384. The summed E-state index contributed by atoms with van der Waals surface area (Å²) in [7, 11) is 0. The maximum atomic E-state index is 11.0. The van der Waals surface area contributed by atoms with Gasteiger partial charge in [0.15, 0.2) is 0 Å². The normalized spacial score (nSPS) is 12.1. The van der Waals surface area contributed by atoms with Crippen LogP contribution in [0.25, 0.3) is 0 Å². The van der Waals surface area contributed by atoms with Crippen LogP contribution in [0.5, 0.6) is 0 Å². The summed E-state index contributed by atoms with van der Waals surface area (Å²) >= 11 is 0. The van der Waals surface area contributed by atoms with Crippen molar-refractivity contribution < 1.29 is 14.7 Å². The van der Waals surface area contributed by atoms with E-state index < -0.39 is 17.8 Å². The Morgan fingerprint density at radius 2 is 1.88 bits per heavy atom. The number of carboxylic acids is 1. The number of amides is 1. The average Bonchev–Trinajstić information content (AvgIpc) is 2.20. The number of aryl methyl sites for hydroxylation is 1. The summed E-state index contributed by atoms with van der Waals surface area (Å²) in [4.78, 5) is 21.7. The van der Waals surface area contributed by atoms with E-state index in [-0.39, 0.29) is 12.8 Å². The van der Waals surface area contributed by atoms with E-state index in [2.05, 4.69) is 0 Å². The maximum Gasteiger partial charge on any atom is 0.310 e. The second-order valence-corrected chi connectivity index (χ2v) is 3.81. The van der Waals surface area contributed by atoms with Gasteiger partial charge in [-0.1, -0.05) is 29.8 Å². The van der Waals surface area contributed by atoms with Gasteiger partial charge in [-0.15, -0.1) is 0 Å². The standard InChI is InChI=1S/C12H15NO3/c1-8-2-4-9(5-3-8)10(12(15)16)6-7-11(13)14/h2-5,10H,6-7H2,1H3,(H2,13,14)(H,15,16). The number of primary amides is 1. The fourth-order valence-electron chi connectivity index (χ4n) is 1.52. The third-order valence-electron chi connectivity index (χ3n) is 2.46. The molecule has 1 aromatic carbocycles. The largest absolute Gasteiger partial charge is 0.481 e. The Balaban J connectivity index is 2.81. The van der Waals surface area contributed by atoms with Crippen LogP contribution >= 0.6 is 0 Å². The first-order valence-corrected chi connectivity index (χ1v) is 5.08. The molecule has 0 radical (unpaired) electrons. The molecular weight excluding hydrogens is 206 g/mol. The van der Waals surface area contributed by atoms with E-state index in [1.54, 1.807) is 12.1 Å². The van der Waals surface area contributed by atoms with E-state index >= 15 is 0 Å². The number of aliphatic carboxylic acids is 1. The number of benzene rings is 1. The predicted molar refractivity (Wildman–Crippen MR) is 60.0 cm³/mol. The van der Waals surface area contributed by atoms with Gasteiger partial charge in [0, 0.05) is 6.42 Å². The summed E-state index contributed by atoms with van der Waals surface area (Å²) in [5, 5.41) is 9.06. The molecule has 0 aromatic heterocycles. The molecule has 0 aliphatic heterocycles. The highest BCUT2D eigenvalue weighted by Crippen LogP contribution is 2.21. The molecule has 4 heteroatoms. The van der Waals surface area contributed by atoms with Gasteiger partial charge in [0.2, 0.25) is 5.91 Å². The average molecular weight is 221 g/mol. The number of carboxylic acid groups (broad SMARTS) is 1. The topological polar surface area (TPSA) is 80.4 Å². The summed E-state index contributed by atoms with van der Waals surface area (Å²) in [6.45, 7) is 1.93.